The maximum Gasteiger partial charge on any atom is 0.227 e. The standard InChI is InChI=1S/C11H13N5O/c1-8-10(3-2-4-13-8)16-7-9(5-11(16)17)6-14-15-12/h2-4,9H,5-7H2,1H3. The van der Waals surface area contributed by atoms with E-state index in [0.29, 0.717) is 19.5 Å². The summed E-state index contributed by atoms with van der Waals surface area (Å²) in [7, 11) is 0. The molecule has 2 heterocycles. The van der Waals surface area contributed by atoms with Crippen LogP contribution < -0.4 is 4.90 Å². The van der Waals surface area contributed by atoms with E-state index in [1.54, 1.807) is 11.1 Å². The molecule has 2 rings (SSSR count). The van der Waals surface area contributed by atoms with Gasteiger partial charge in [-0.3, -0.25) is 9.78 Å². The van der Waals surface area contributed by atoms with E-state index >= 15 is 0 Å². The maximum atomic E-state index is 11.9. The van der Waals surface area contributed by atoms with Crippen LogP contribution in [0.1, 0.15) is 12.1 Å². The predicted molar refractivity (Wildman–Crippen MR) is 63.4 cm³/mol. The Morgan fingerprint density at radius 3 is 3.24 bits per heavy atom. The number of hydrogen-bond donors (Lipinski definition) is 0. The van der Waals surface area contributed by atoms with Crippen LogP contribution in [0.2, 0.25) is 0 Å². The van der Waals surface area contributed by atoms with Crippen molar-refractivity contribution in [3.63, 3.8) is 0 Å². The molecule has 1 aliphatic heterocycles. The Kier molecular flexibility index (Phi) is 3.25. The highest BCUT2D eigenvalue weighted by molar-refractivity contribution is 5.96. The largest absolute Gasteiger partial charge is 0.310 e. The van der Waals surface area contributed by atoms with Gasteiger partial charge >= 0.3 is 0 Å². The van der Waals surface area contributed by atoms with E-state index in [9.17, 15) is 4.79 Å². The third-order valence-corrected chi connectivity index (χ3v) is 2.88. The van der Waals surface area contributed by atoms with Crippen LogP contribution in [0, 0.1) is 12.8 Å². The lowest BCUT2D eigenvalue weighted by Crippen LogP contribution is -2.25. The molecule has 0 aromatic carbocycles. The van der Waals surface area contributed by atoms with Crippen molar-refractivity contribution in [2.24, 2.45) is 11.0 Å². The van der Waals surface area contributed by atoms with E-state index in [1.807, 2.05) is 19.1 Å². The first-order valence-electron chi connectivity index (χ1n) is 5.45. The van der Waals surface area contributed by atoms with E-state index in [2.05, 4.69) is 15.0 Å². The third kappa shape index (κ3) is 2.37. The van der Waals surface area contributed by atoms with Crippen LogP contribution in [0.25, 0.3) is 10.4 Å². The lowest BCUT2D eigenvalue weighted by Gasteiger charge is -2.17. The molecule has 17 heavy (non-hydrogen) atoms. The van der Waals surface area contributed by atoms with Gasteiger partial charge in [-0.2, -0.15) is 0 Å². The third-order valence-electron chi connectivity index (χ3n) is 2.88. The Labute approximate surface area is 98.9 Å². The molecule has 1 aliphatic rings. The number of azide groups is 1. The molecule has 0 saturated carbocycles. The van der Waals surface area contributed by atoms with Gasteiger partial charge < -0.3 is 4.90 Å². The van der Waals surface area contributed by atoms with Crippen LogP contribution in [-0.4, -0.2) is 24.0 Å². The maximum absolute atomic E-state index is 11.9. The monoisotopic (exact) mass is 231 g/mol. The van der Waals surface area contributed by atoms with Gasteiger partial charge in [-0.15, -0.1) is 0 Å². The van der Waals surface area contributed by atoms with Crippen LogP contribution in [0.15, 0.2) is 23.4 Å². The number of nitrogens with zero attached hydrogens (tertiary/aromatic N) is 5. The second-order valence-electron chi connectivity index (χ2n) is 4.10. The smallest absolute Gasteiger partial charge is 0.227 e. The molecular weight excluding hydrogens is 218 g/mol. The van der Waals surface area contributed by atoms with Gasteiger partial charge in [0.05, 0.1) is 11.4 Å². The number of rotatable bonds is 3. The van der Waals surface area contributed by atoms with Gasteiger partial charge in [-0.1, -0.05) is 5.11 Å². The number of amides is 1. The van der Waals surface area contributed by atoms with Crippen molar-refractivity contribution in [1.82, 2.24) is 4.98 Å². The van der Waals surface area contributed by atoms with Gasteiger partial charge in [-0.25, -0.2) is 0 Å². The van der Waals surface area contributed by atoms with Crippen molar-refractivity contribution in [3.05, 3.63) is 34.5 Å². The van der Waals surface area contributed by atoms with E-state index in [1.165, 1.54) is 0 Å². The van der Waals surface area contributed by atoms with Crippen molar-refractivity contribution < 1.29 is 4.79 Å². The average molecular weight is 231 g/mol. The average Bonchev–Trinajstić information content (AvgIpc) is 2.68. The molecule has 1 amide bonds. The fourth-order valence-corrected chi connectivity index (χ4v) is 2.05. The zero-order chi connectivity index (χ0) is 12.3. The molecular formula is C11H13N5O. The van der Waals surface area contributed by atoms with Gasteiger partial charge in [0.25, 0.3) is 0 Å². The minimum atomic E-state index is 0.0687. The number of hydrogen-bond acceptors (Lipinski definition) is 3. The first kappa shape index (κ1) is 11.4. The summed E-state index contributed by atoms with van der Waals surface area (Å²) in [6, 6.07) is 3.70. The predicted octanol–water partition coefficient (Wildman–Crippen LogP) is 2.05. The fraction of sp³-hybridized carbons (Fsp3) is 0.455. The number of aryl methyl sites for hydroxylation is 1. The molecule has 1 fully saturated rings. The van der Waals surface area contributed by atoms with E-state index in [0.717, 1.165) is 11.4 Å². The summed E-state index contributed by atoms with van der Waals surface area (Å²) in [5.74, 6) is 0.178. The van der Waals surface area contributed by atoms with Gasteiger partial charge in [0, 0.05) is 30.6 Å². The van der Waals surface area contributed by atoms with E-state index in [-0.39, 0.29) is 11.8 Å². The van der Waals surface area contributed by atoms with Gasteiger partial charge in [0.2, 0.25) is 5.91 Å². The second kappa shape index (κ2) is 4.84. The molecule has 1 atom stereocenters. The first-order chi connectivity index (χ1) is 8.22. The van der Waals surface area contributed by atoms with Crippen molar-refractivity contribution in [2.75, 3.05) is 18.0 Å². The summed E-state index contributed by atoms with van der Waals surface area (Å²) < 4.78 is 0. The van der Waals surface area contributed by atoms with Crippen molar-refractivity contribution in [3.8, 4) is 0 Å². The summed E-state index contributed by atoms with van der Waals surface area (Å²) in [6.45, 7) is 2.85. The molecule has 0 bridgehead atoms. The van der Waals surface area contributed by atoms with Crippen LogP contribution in [0.4, 0.5) is 5.69 Å². The SMILES string of the molecule is Cc1ncccc1N1CC(CN=[N+]=[N-])CC1=O. The Hall–Kier alpha value is -2.07. The van der Waals surface area contributed by atoms with Crippen molar-refractivity contribution in [1.29, 1.82) is 0 Å². The number of anilines is 1. The number of pyridine rings is 1. The van der Waals surface area contributed by atoms with Crippen LogP contribution in [-0.2, 0) is 4.79 Å². The second-order valence-corrected chi connectivity index (χ2v) is 4.10. The molecule has 0 radical (unpaired) electrons. The number of aromatic nitrogens is 1. The molecule has 1 saturated heterocycles. The highest BCUT2D eigenvalue weighted by Gasteiger charge is 2.30. The van der Waals surface area contributed by atoms with Crippen molar-refractivity contribution >= 4 is 11.6 Å². The Morgan fingerprint density at radius 2 is 2.53 bits per heavy atom. The summed E-state index contributed by atoms with van der Waals surface area (Å²) in [6.07, 6.45) is 2.14. The summed E-state index contributed by atoms with van der Waals surface area (Å²) in [4.78, 5) is 20.5. The zero-order valence-electron chi connectivity index (χ0n) is 9.58. The number of carbonyl (C=O) groups is 1. The van der Waals surface area contributed by atoms with Crippen LogP contribution in [0.3, 0.4) is 0 Å². The van der Waals surface area contributed by atoms with Crippen LogP contribution >= 0.6 is 0 Å². The van der Waals surface area contributed by atoms with Gasteiger partial charge in [0.1, 0.15) is 0 Å². The molecule has 0 aliphatic carbocycles. The Morgan fingerprint density at radius 1 is 1.71 bits per heavy atom. The lowest BCUT2D eigenvalue weighted by atomic mass is 10.1. The molecule has 6 heteroatoms. The molecule has 1 unspecified atom stereocenters. The molecule has 0 N–H and O–H groups in total. The van der Waals surface area contributed by atoms with E-state index < -0.39 is 0 Å². The quantitative estimate of drug-likeness (QED) is 0.453. The zero-order valence-corrected chi connectivity index (χ0v) is 9.58. The molecule has 6 nitrogen and oxygen atoms in total. The van der Waals surface area contributed by atoms with E-state index in [4.69, 9.17) is 5.53 Å². The highest BCUT2D eigenvalue weighted by atomic mass is 16.2. The van der Waals surface area contributed by atoms with Crippen molar-refractivity contribution in [2.45, 2.75) is 13.3 Å². The van der Waals surface area contributed by atoms with Crippen LogP contribution in [0.5, 0.6) is 0 Å². The minimum Gasteiger partial charge on any atom is -0.310 e. The van der Waals surface area contributed by atoms with Gasteiger partial charge in [-0.05, 0) is 30.5 Å². The number of carbonyl (C=O) groups excluding carboxylic acids is 1. The Balaban J connectivity index is 2.16. The summed E-state index contributed by atoms with van der Waals surface area (Å²) >= 11 is 0. The minimum absolute atomic E-state index is 0.0687. The molecule has 1 aromatic rings. The first-order valence-corrected chi connectivity index (χ1v) is 5.45. The van der Waals surface area contributed by atoms with Gasteiger partial charge in [0.15, 0.2) is 0 Å². The molecule has 88 valence electrons. The molecule has 0 spiro atoms. The lowest BCUT2D eigenvalue weighted by molar-refractivity contribution is -0.117. The highest BCUT2D eigenvalue weighted by Crippen LogP contribution is 2.26. The summed E-state index contributed by atoms with van der Waals surface area (Å²) in [5.41, 5.74) is 9.96. The Bertz CT molecular complexity index is 481. The summed E-state index contributed by atoms with van der Waals surface area (Å²) in [5, 5.41) is 3.52. The molecule has 1 aromatic heterocycles. The fourth-order valence-electron chi connectivity index (χ4n) is 2.05. The normalized spacial score (nSPS) is 19.2. The topological polar surface area (TPSA) is 82.0 Å².